The Balaban J connectivity index is 2.08. The molecule has 2 aliphatic heterocycles. The molecule has 0 bridgehead atoms. The summed E-state index contributed by atoms with van der Waals surface area (Å²) in [6.45, 7) is 16.6. The van der Waals surface area contributed by atoms with Crippen molar-refractivity contribution in [2.45, 2.75) is 122 Å². The first-order valence-corrected chi connectivity index (χ1v) is 15.2. The quantitative estimate of drug-likeness (QED) is 0.228. The number of aliphatic hydroxyl groups excluding tert-OH is 1. The van der Waals surface area contributed by atoms with Crippen LogP contribution in [0.2, 0.25) is 18.1 Å². The van der Waals surface area contributed by atoms with Gasteiger partial charge in [-0.1, -0.05) is 27.7 Å². The van der Waals surface area contributed by atoms with Gasteiger partial charge >= 0.3 is 0 Å². The van der Waals surface area contributed by atoms with Crippen molar-refractivity contribution in [2.75, 3.05) is 20.5 Å². The number of hydrogen-bond donors (Lipinski definition) is 1. The van der Waals surface area contributed by atoms with Crippen molar-refractivity contribution in [1.82, 2.24) is 0 Å². The molecule has 5 unspecified atom stereocenters. The van der Waals surface area contributed by atoms with Gasteiger partial charge in [0.15, 0.2) is 14.1 Å². The molecule has 0 aromatic heterocycles. The third-order valence-electron chi connectivity index (χ3n) is 7.51. The van der Waals surface area contributed by atoms with Gasteiger partial charge in [0.1, 0.15) is 6.79 Å². The summed E-state index contributed by atoms with van der Waals surface area (Å²) in [6.07, 6.45) is 7.99. The minimum absolute atomic E-state index is 0.0977. The van der Waals surface area contributed by atoms with E-state index in [0.717, 1.165) is 63.4 Å². The van der Waals surface area contributed by atoms with Crippen LogP contribution in [0.4, 0.5) is 0 Å². The van der Waals surface area contributed by atoms with Crippen LogP contribution in [-0.2, 0) is 23.4 Å². The van der Waals surface area contributed by atoms with Gasteiger partial charge in [-0.2, -0.15) is 0 Å². The van der Waals surface area contributed by atoms with Crippen molar-refractivity contribution >= 4 is 8.32 Å². The second-order valence-electron chi connectivity index (χ2n) is 11.3. The standard InChI is InChI=1S/C25H48O6Si/c1-19(23(20(2)17-26)28-18-27-6)11-12-21-15-22(31-32(7,8)24(3,4)5)16-25(30-21)13-9-10-14-29-25/h17,19,21-23,26H,9-16,18H2,1-8H3. The monoisotopic (exact) mass is 472 g/mol. The van der Waals surface area contributed by atoms with E-state index in [1.54, 1.807) is 7.11 Å². The zero-order valence-electron chi connectivity index (χ0n) is 21.7. The first kappa shape index (κ1) is 27.8. The molecule has 0 aromatic carbocycles. The van der Waals surface area contributed by atoms with Crippen molar-refractivity contribution in [1.29, 1.82) is 0 Å². The van der Waals surface area contributed by atoms with Gasteiger partial charge in [-0.3, -0.25) is 0 Å². The van der Waals surface area contributed by atoms with Crippen molar-refractivity contribution in [3.05, 3.63) is 11.8 Å². The van der Waals surface area contributed by atoms with E-state index in [9.17, 15) is 5.11 Å². The average Bonchev–Trinajstić information content (AvgIpc) is 2.71. The lowest BCUT2D eigenvalue weighted by Gasteiger charge is -2.49. The molecular weight excluding hydrogens is 424 g/mol. The first-order chi connectivity index (χ1) is 14.9. The molecule has 0 aliphatic carbocycles. The Hall–Kier alpha value is -0.443. The Morgan fingerprint density at radius 2 is 2.00 bits per heavy atom. The maximum atomic E-state index is 9.51. The smallest absolute Gasteiger partial charge is 0.192 e. The highest BCUT2D eigenvalue weighted by molar-refractivity contribution is 6.74. The van der Waals surface area contributed by atoms with Gasteiger partial charge in [-0.05, 0) is 68.7 Å². The molecule has 0 saturated carbocycles. The van der Waals surface area contributed by atoms with Crippen molar-refractivity contribution in [2.24, 2.45) is 5.92 Å². The van der Waals surface area contributed by atoms with Gasteiger partial charge in [-0.15, -0.1) is 0 Å². The zero-order chi connectivity index (χ0) is 24.0. The fourth-order valence-corrected chi connectivity index (χ4v) is 5.99. The van der Waals surface area contributed by atoms with Gasteiger partial charge in [0.2, 0.25) is 0 Å². The maximum Gasteiger partial charge on any atom is 0.192 e. The lowest BCUT2D eigenvalue weighted by atomic mass is 9.88. The van der Waals surface area contributed by atoms with Crippen molar-refractivity contribution in [3.63, 3.8) is 0 Å². The fourth-order valence-electron chi connectivity index (χ4n) is 4.62. The average molecular weight is 473 g/mol. The summed E-state index contributed by atoms with van der Waals surface area (Å²) in [5.74, 6) is -0.272. The van der Waals surface area contributed by atoms with Gasteiger partial charge in [0, 0.05) is 20.0 Å². The van der Waals surface area contributed by atoms with E-state index in [0.29, 0.717) is 0 Å². The van der Waals surface area contributed by atoms with E-state index in [1.165, 1.54) is 0 Å². The minimum atomic E-state index is -1.88. The normalized spacial score (nSPS) is 29.8. The predicted molar refractivity (Wildman–Crippen MR) is 130 cm³/mol. The molecule has 0 radical (unpaired) electrons. The topological polar surface area (TPSA) is 66.4 Å². The number of hydrogen-bond acceptors (Lipinski definition) is 6. The summed E-state index contributed by atoms with van der Waals surface area (Å²) in [5.41, 5.74) is 0.810. The number of ether oxygens (including phenoxy) is 4. The Labute approximate surface area is 197 Å². The molecule has 6 nitrogen and oxygen atoms in total. The highest BCUT2D eigenvalue weighted by atomic mass is 28.4. The first-order valence-electron chi connectivity index (χ1n) is 12.3. The largest absolute Gasteiger partial charge is 0.516 e. The van der Waals surface area contributed by atoms with Crippen LogP contribution < -0.4 is 0 Å². The van der Waals surface area contributed by atoms with E-state index in [4.69, 9.17) is 23.4 Å². The van der Waals surface area contributed by atoms with Crippen LogP contribution >= 0.6 is 0 Å². The van der Waals surface area contributed by atoms with Gasteiger partial charge in [-0.25, -0.2) is 0 Å². The Morgan fingerprint density at radius 3 is 2.56 bits per heavy atom. The number of rotatable bonds is 10. The highest BCUT2D eigenvalue weighted by Gasteiger charge is 2.47. The van der Waals surface area contributed by atoms with Crippen LogP contribution in [0.25, 0.3) is 0 Å². The molecule has 0 aromatic rings. The molecule has 0 amide bonds. The SMILES string of the molecule is COCOC(C(C)=CO)C(C)CCC1CC(O[Si](C)(C)C(C)(C)C)CC2(CCCCO2)O1. The zero-order valence-corrected chi connectivity index (χ0v) is 22.7. The number of methoxy groups -OCH3 is 1. The second-order valence-corrected chi connectivity index (χ2v) is 16.1. The van der Waals surface area contributed by atoms with Crippen molar-refractivity contribution < 1.29 is 28.5 Å². The minimum Gasteiger partial charge on any atom is -0.516 e. The molecule has 7 heteroatoms. The van der Waals surface area contributed by atoms with E-state index in [-0.39, 0.29) is 36.1 Å². The molecule has 5 atom stereocenters. The predicted octanol–water partition coefficient (Wildman–Crippen LogP) is 6.32. The summed E-state index contributed by atoms with van der Waals surface area (Å²) in [5, 5.41) is 9.68. The summed E-state index contributed by atoms with van der Waals surface area (Å²) in [4.78, 5) is 0. The van der Waals surface area contributed by atoms with Crippen molar-refractivity contribution in [3.8, 4) is 0 Å². The fraction of sp³-hybridized carbons (Fsp3) is 0.920. The lowest BCUT2D eigenvalue weighted by molar-refractivity contribution is -0.309. The highest BCUT2D eigenvalue weighted by Crippen LogP contribution is 2.44. The van der Waals surface area contributed by atoms with Crippen LogP contribution in [0.15, 0.2) is 11.8 Å². The molecule has 32 heavy (non-hydrogen) atoms. The van der Waals surface area contributed by atoms with E-state index in [1.807, 2.05) is 6.92 Å². The molecule has 2 fully saturated rings. The molecule has 2 heterocycles. The van der Waals surface area contributed by atoms with E-state index >= 15 is 0 Å². The van der Waals surface area contributed by atoms with Crippen LogP contribution in [0, 0.1) is 5.92 Å². The molecule has 188 valence electrons. The third-order valence-corrected chi connectivity index (χ3v) is 12.0. The van der Waals surface area contributed by atoms with Gasteiger partial charge in [0.05, 0.1) is 31.2 Å². The molecule has 1 N–H and O–H groups in total. The van der Waals surface area contributed by atoms with Crippen LogP contribution in [0.5, 0.6) is 0 Å². The Kier molecular flexibility index (Phi) is 10.3. The van der Waals surface area contributed by atoms with Crippen LogP contribution in [-0.4, -0.2) is 58.0 Å². The Bertz CT molecular complexity index is 594. The number of aliphatic hydroxyl groups is 1. The van der Waals surface area contributed by atoms with Crippen LogP contribution in [0.3, 0.4) is 0 Å². The molecule has 2 aliphatic rings. The van der Waals surface area contributed by atoms with Gasteiger partial charge < -0.3 is 28.5 Å². The van der Waals surface area contributed by atoms with Gasteiger partial charge in [0.25, 0.3) is 0 Å². The second kappa shape index (κ2) is 11.8. The summed E-state index contributed by atoms with van der Waals surface area (Å²) >= 11 is 0. The summed E-state index contributed by atoms with van der Waals surface area (Å²) in [6, 6.07) is 0. The van der Waals surface area contributed by atoms with Crippen LogP contribution in [0.1, 0.15) is 79.6 Å². The summed E-state index contributed by atoms with van der Waals surface area (Å²) in [7, 11) is -0.267. The third kappa shape index (κ3) is 7.54. The lowest BCUT2D eigenvalue weighted by Crippen LogP contribution is -2.54. The van der Waals surface area contributed by atoms with E-state index in [2.05, 4.69) is 40.8 Å². The summed E-state index contributed by atoms with van der Waals surface area (Å²) < 4.78 is 30.7. The molecular formula is C25H48O6Si. The maximum absolute atomic E-state index is 9.51. The van der Waals surface area contributed by atoms with E-state index < -0.39 is 14.1 Å². The molecule has 1 spiro atoms. The molecule has 2 rings (SSSR count). The molecule has 2 saturated heterocycles. The Morgan fingerprint density at radius 1 is 1.28 bits per heavy atom.